The molecule has 0 radical (unpaired) electrons. The lowest BCUT2D eigenvalue weighted by Crippen LogP contribution is -2.41. The minimum Gasteiger partial charge on any atom is -0.369 e. The summed E-state index contributed by atoms with van der Waals surface area (Å²) in [5.41, 5.74) is 2.55. The zero-order chi connectivity index (χ0) is 21.3. The number of anilines is 4. The van der Waals surface area contributed by atoms with Gasteiger partial charge in [-0.1, -0.05) is 6.07 Å². The lowest BCUT2D eigenvalue weighted by molar-refractivity contribution is -0.115. The van der Waals surface area contributed by atoms with Crippen molar-refractivity contribution in [1.82, 2.24) is 14.3 Å². The zero-order valence-electron chi connectivity index (χ0n) is 16.5. The lowest BCUT2D eigenvalue weighted by Gasteiger charge is -2.31. The van der Waals surface area contributed by atoms with E-state index in [1.165, 1.54) is 10.6 Å². The molecule has 3 heterocycles. The van der Waals surface area contributed by atoms with Gasteiger partial charge in [-0.3, -0.25) is 4.79 Å². The van der Waals surface area contributed by atoms with Crippen LogP contribution in [0.15, 0.2) is 28.9 Å². The predicted octanol–water partition coefficient (Wildman–Crippen LogP) is 2.56. The van der Waals surface area contributed by atoms with E-state index in [2.05, 4.69) is 41.8 Å². The number of aromatic nitrogens is 2. The van der Waals surface area contributed by atoms with E-state index in [1.54, 1.807) is 6.20 Å². The molecule has 11 heteroatoms. The fourth-order valence-corrected chi connectivity index (χ4v) is 4.98. The molecule has 1 amide bonds. The second-order valence-corrected chi connectivity index (χ2v) is 10.5. The van der Waals surface area contributed by atoms with E-state index in [0.29, 0.717) is 37.8 Å². The van der Waals surface area contributed by atoms with E-state index < -0.39 is 10.0 Å². The summed E-state index contributed by atoms with van der Waals surface area (Å²) in [7, 11) is -3.16. The molecule has 1 atom stereocenters. The first-order valence-electron chi connectivity index (χ1n) is 9.69. The zero-order valence-corrected chi connectivity index (χ0v) is 18.9. The summed E-state index contributed by atoms with van der Waals surface area (Å²) in [6.07, 6.45) is 5.14. The van der Waals surface area contributed by atoms with E-state index in [-0.39, 0.29) is 11.8 Å². The number of amides is 1. The summed E-state index contributed by atoms with van der Waals surface area (Å²) >= 11 is 3.46. The van der Waals surface area contributed by atoms with Crippen LogP contribution in [0.4, 0.5) is 23.1 Å². The molecule has 9 nitrogen and oxygen atoms in total. The molecule has 0 aliphatic carbocycles. The van der Waals surface area contributed by atoms with Crippen molar-refractivity contribution in [3.63, 3.8) is 0 Å². The first-order valence-corrected chi connectivity index (χ1v) is 12.3. The van der Waals surface area contributed by atoms with Crippen molar-refractivity contribution >= 4 is 55.0 Å². The Balaban J connectivity index is 1.41. The molecule has 0 bridgehead atoms. The molecule has 1 saturated heterocycles. The van der Waals surface area contributed by atoms with Crippen molar-refractivity contribution in [2.75, 3.05) is 41.8 Å². The number of nitrogens with zero attached hydrogens (tertiary/aromatic N) is 3. The number of nitrogens with one attached hydrogen (secondary N) is 3. The van der Waals surface area contributed by atoms with Crippen molar-refractivity contribution < 1.29 is 13.2 Å². The summed E-state index contributed by atoms with van der Waals surface area (Å²) in [4.78, 5) is 20.3. The number of carbonyl (C=O) groups is 1. The second kappa shape index (κ2) is 8.48. The highest BCUT2D eigenvalue weighted by Gasteiger charge is 2.26. The normalized spacial score (nSPS) is 19.3. The molecule has 1 unspecified atom stereocenters. The van der Waals surface area contributed by atoms with Crippen molar-refractivity contribution in [2.24, 2.45) is 5.92 Å². The number of sulfonamides is 1. The van der Waals surface area contributed by atoms with Gasteiger partial charge in [0.15, 0.2) is 0 Å². The molecule has 0 saturated carbocycles. The van der Waals surface area contributed by atoms with E-state index in [4.69, 9.17) is 0 Å². The van der Waals surface area contributed by atoms with E-state index in [0.717, 1.165) is 34.3 Å². The van der Waals surface area contributed by atoms with E-state index >= 15 is 0 Å². The van der Waals surface area contributed by atoms with Crippen molar-refractivity contribution in [1.29, 1.82) is 0 Å². The van der Waals surface area contributed by atoms with Crippen LogP contribution in [0.25, 0.3) is 0 Å². The van der Waals surface area contributed by atoms with Gasteiger partial charge in [0.05, 0.1) is 17.1 Å². The molecule has 30 heavy (non-hydrogen) atoms. The molecule has 2 aromatic rings. The van der Waals surface area contributed by atoms with Crippen LogP contribution >= 0.6 is 15.9 Å². The first kappa shape index (κ1) is 21.0. The molecule has 1 aromatic carbocycles. The maximum atomic E-state index is 11.8. The van der Waals surface area contributed by atoms with Crippen LogP contribution in [0.3, 0.4) is 0 Å². The van der Waals surface area contributed by atoms with Gasteiger partial charge in [0, 0.05) is 37.2 Å². The Morgan fingerprint density at radius 1 is 1.37 bits per heavy atom. The average Bonchev–Trinajstić information content (AvgIpc) is 3.07. The average molecular weight is 495 g/mol. The molecular formula is C19H23BrN6O3S. The fraction of sp³-hybridized carbons (Fsp3) is 0.421. The third kappa shape index (κ3) is 4.90. The maximum absolute atomic E-state index is 11.8. The smallest absolute Gasteiger partial charge is 0.229 e. The van der Waals surface area contributed by atoms with Crippen LogP contribution < -0.4 is 16.0 Å². The lowest BCUT2D eigenvalue weighted by atomic mass is 10.00. The molecule has 160 valence electrons. The number of hydrogen-bond donors (Lipinski definition) is 3. The van der Waals surface area contributed by atoms with Gasteiger partial charge in [-0.2, -0.15) is 4.98 Å². The number of hydrogen-bond acceptors (Lipinski definition) is 7. The van der Waals surface area contributed by atoms with Crippen LogP contribution in [-0.4, -0.2) is 54.5 Å². The highest BCUT2D eigenvalue weighted by Crippen LogP contribution is 2.28. The second-order valence-electron chi connectivity index (χ2n) is 7.62. The number of benzene rings is 1. The molecule has 2 aliphatic heterocycles. The SMILES string of the molecule is CS(=O)(=O)N1CCCC(CNc2nc(Nc3ccc4c(c3)NC(=O)C4)ncc2Br)C1. The number of rotatable bonds is 6. The number of piperidine rings is 1. The van der Waals surface area contributed by atoms with Gasteiger partial charge in [0.2, 0.25) is 21.9 Å². The Kier molecular flexibility index (Phi) is 5.94. The van der Waals surface area contributed by atoms with Crippen LogP contribution in [0.1, 0.15) is 18.4 Å². The molecule has 3 N–H and O–H groups in total. The number of carbonyl (C=O) groups excluding carboxylic acids is 1. The minimum atomic E-state index is -3.16. The molecule has 1 aromatic heterocycles. The van der Waals surface area contributed by atoms with Crippen LogP contribution in [-0.2, 0) is 21.2 Å². The largest absolute Gasteiger partial charge is 0.369 e. The molecule has 4 rings (SSSR count). The standard InChI is InChI=1S/C19H23BrN6O3S/c1-30(28,29)26-6-2-3-12(11-26)9-21-18-15(20)10-22-19(25-18)23-14-5-4-13-7-17(27)24-16(13)8-14/h4-5,8,10,12H,2-3,6-7,9,11H2,1H3,(H,24,27)(H2,21,22,23,25). The fourth-order valence-electron chi connectivity index (χ4n) is 3.71. The highest BCUT2D eigenvalue weighted by atomic mass is 79.9. The van der Waals surface area contributed by atoms with Gasteiger partial charge in [-0.15, -0.1) is 0 Å². The first-order chi connectivity index (χ1) is 14.3. The Labute approximate surface area is 183 Å². The van der Waals surface area contributed by atoms with Crippen molar-refractivity contribution in [3.8, 4) is 0 Å². The van der Waals surface area contributed by atoms with Gasteiger partial charge >= 0.3 is 0 Å². The monoisotopic (exact) mass is 494 g/mol. The predicted molar refractivity (Wildman–Crippen MR) is 119 cm³/mol. The van der Waals surface area contributed by atoms with Crippen LogP contribution in [0, 0.1) is 5.92 Å². The van der Waals surface area contributed by atoms with E-state index in [1.807, 2.05) is 18.2 Å². The van der Waals surface area contributed by atoms with Crippen molar-refractivity contribution in [2.45, 2.75) is 19.3 Å². The van der Waals surface area contributed by atoms with Gasteiger partial charge in [-0.05, 0) is 52.4 Å². The van der Waals surface area contributed by atoms with Crippen LogP contribution in [0.5, 0.6) is 0 Å². The summed E-state index contributed by atoms with van der Waals surface area (Å²) in [6.45, 7) is 1.72. The van der Waals surface area contributed by atoms with E-state index in [9.17, 15) is 13.2 Å². The molecular weight excluding hydrogens is 472 g/mol. The van der Waals surface area contributed by atoms with Gasteiger partial charge in [0.25, 0.3) is 0 Å². The molecule has 1 fully saturated rings. The summed E-state index contributed by atoms with van der Waals surface area (Å²) in [6, 6.07) is 5.66. The van der Waals surface area contributed by atoms with Crippen molar-refractivity contribution in [3.05, 3.63) is 34.4 Å². The minimum absolute atomic E-state index is 0.00863. The molecule has 2 aliphatic rings. The summed E-state index contributed by atoms with van der Waals surface area (Å²) in [5.74, 6) is 1.27. The Morgan fingerprint density at radius 3 is 3.00 bits per heavy atom. The highest BCUT2D eigenvalue weighted by molar-refractivity contribution is 9.10. The third-order valence-corrected chi connectivity index (χ3v) is 7.09. The number of fused-ring (bicyclic) bond motifs is 1. The Morgan fingerprint density at radius 2 is 2.20 bits per heavy atom. The quantitative estimate of drug-likeness (QED) is 0.564. The Hall–Kier alpha value is -2.24. The maximum Gasteiger partial charge on any atom is 0.229 e. The van der Waals surface area contributed by atoms with Crippen LogP contribution in [0.2, 0.25) is 0 Å². The molecule has 0 spiro atoms. The van der Waals surface area contributed by atoms with Gasteiger partial charge in [0.1, 0.15) is 5.82 Å². The number of halogens is 1. The Bertz CT molecular complexity index is 1080. The summed E-state index contributed by atoms with van der Waals surface area (Å²) < 4.78 is 25.9. The van der Waals surface area contributed by atoms with Gasteiger partial charge < -0.3 is 16.0 Å². The topological polar surface area (TPSA) is 116 Å². The third-order valence-electron chi connectivity index (χ3n) is 5.24. The summed E-state index contributed by atoms with van der Waals surface area (Å²) in [5, 5.41) is 9.30. The van der Waals surface area contributed by atoms with Gasteiger partial charge in [-0.25, -0.2) is 17.7 Å².